The van der Waals surface area contributed by atoms with Gasteiger partial charge in [0.15, 0.2) is 0 Å². The number of hydrogen-bond acceptors (Lipinski definition) is 3. The van der Waals surface area contributed by atoms with E-state index in [1.54, 1.807) is 0 Å². The predicted octanol–water partition coefficient (Wildman–Crippen LogP) is 2.46. The summed E-state index contributed by atoms with van der Waals surface area (Å²) in [5.74, 6) is 3.20. The van der Waals surface area contributed by atoms with Gasteiger partial charge < -0.3 is 5.32 Å². The molecule has 0 saturated carbocycles. The number of hydrogen-bond donors (Lipinski definition) is 1. The van der Waals surface area contributed by atoms with Gasteiger partial charge in [-0.15, -0.1) is 0 Å². The Morgan fingerprint density at radius 2 is 2.21 bits per heavy atom. The highest BCUT2D eigenvalue weighted by molar-refractivity contribution is 7.99. The highest BCUT2D eigenvalue weighted by Gasteiger charge is 2.28. The molecule has 2 unspecified atom stereocenters. The Kier molecular flexibility index (Phi) is 3.80. The maximum Gasteiger partial charge on any atom is 0.0706 e. The molecule has 1 aromatic heterocycles. The average Bonchev–Trinajstić information content (AvgIpc) is 2.98. The molecule has 4 heteroatoms. The van der Waals surface area contributed by atoms with Crippen LogP contribution in [0.5, 0.6) is 0 Å². The summed E-state index contributed by atoms with van der Waals surface area (Å²) in [4.78, 5) is 0. The van der Waals surface area contributed by atoms with E-state index in [0.717, 1.165) is 13.0 Å². The van der Waals surface area contributed by atoms with Crippen LogP contribution >= 0.6 is 11.8 Å². The van der Waals surface area contributed by atoms with Crippen LogP contribution < -0.4 is 5.32 Å². The second-order valence-electron chi connectivity index (χ2n) is 5.25. The Morgan fingerprint density at radius 3 is 3.05 bits per heavy atom. The summed E-state index contributed by atoms with van der Waals surface area (Å²) in [6, 6.07) is 9.19. The SMILES string of the molecule is CCNC1CSCC1Cc1nn(C)c2ccccc12. The zero-order valence-corrected chi connectivity index (χ0v) is 12.4. The molecule has 0 spiro atoms. The molecule has 0 bridgehead atoms. The Bertz CT molecular complexity index is 564. The minimum Gasteiger partial charge on any atom is -0.313 e. The van der Waals surface area contributed by atoms with Gasteiger partial charge in [-0.3, -0.25) is 4.68 Å². The summed E-state index contributed by atoms with van der Waals surface area (Å²) in [5.41, 5.74) is 2.50. The minimum absolute atomic E-state index is 0.649. The first-order chi connectivity index (χ1) is 9.29. The van der Waals surface area contributed by atoms with E-state index in [1.165, 1.54) is 28.1 Å². The molecule has 19 heavy (non-hydrogen) atoms. The van der Waals surface area contributed by atoms with E-state index in [9.17, 15) is 0 Å². The Balaban J connectivity index is 1.85. The van der Waals surface area contributed by atoms with E-state index in [1.807, 2.05) is 11.7 Å². The van der Waals surface area contributed by atoms with E-state index in [4.69, 9.17) is 5.10 Å². The summed E-state index contributed by atoms with van der Waals surface area (Å²) < 4.78 is 2.01. The van der Waals surface area contributed by atoms with Crippen LogP contribution in [0.15, 0.2) is 24.3 Å². The van der Waals surface area contributed by atoms with Gasteiger partial charge in [-0.1, -0.05) is 25.1 Å². The van der Waals surface area contributed by atoms with Crippen molar-refractivity contribution in [3.8, 4) is 0 Å². The molecular formula is C15H21N3S. The number of para-hydroxylation sites is 1. The fourth-order valence-electron chi connectivity index (χ4n) is 2.98. The molecule has 3 nitrogen and oxygen atoms in total. The number of rotatable bonds is 4. The summed E-state index contributed by atoms with van der Waals surface area (Å²) in [6.07, 6.45) is 1.09. The Labute approximate surface area is 118 Å². The standard InChI is InChI=1S/C15H21N3S/c1-3-16-14-10-19-9-11(14)8-13-12-6-4-5-7-15(12)18(2)17-13/h4-7,11,14,16H,3,8-10H2,1-2H3. The summed E-state index contributed by atoms with van der Waals surface area (Å²) in [7, 11) is 2.04. The van der Waals surface area contributed by atoms with E-state index in [-0.39, 0.29) is 0 Å². The topological polar surface area (TPSA) is 29.9 Å². The van der Waals surface area contributed by atoms with E-state index in [2.05, 4.69) is 48.3 Å². The first-order valence-corrected chi connectivity index (χ1v) is 8.16. The second kappa shape index (κ2) is 5.55. The van der Waals surface area contributed by atoms with Crippen LogP contribution in [0.3, 0.4) is 0 Å². The lowest BCUT2D eigenvalue weighted by Crippen LogP contribution is -2.36. The molecular weight excluding hydrogens is 254 g/mol. The maximum absolute atomic E-state index is 4.73. The molecule has 1 N–H and O–H groups in total. The van der Waals surface area contributed by atoms with Crippen molar-refractivity contribution in [2.24, 2.45) is 13.0 Å². The van der Waals surface area contributed by atoms with Crippen molar-refractivity contribution in [1.29, 1.82) is 0 Å². The lowest BCUT2D eigenvalue weighted by molar-refractivity contribution is 0.430. The fraction of sp³-hybridized carbons (Fsp3) is 0.533. The molecule has 102 valence electrons. The largest absolute Gasteiger partial charge is 0.313 e. The third-order valence-corrected chi connectivity index (χ3v) is 5.21. The zero-order valence-electron chi connectivity index (χ0n) is 11.6. The number of benzene rings is 1. The molecule has 2 heterocycles. The lowest BCUT2D eigenvalue weighted by atomic mass is 9.96. The van der Waals surface area contributed by atoms with Gasteiger partial charge in [0.05, 0.1) is 11.2 Å². The zero-order chi connectivity index (χ0) is 13.2. The Morgan fingerprint density at radius 1 is 1.37 bits per heavy atom. The van der Waals surface area contributed by atoms with Crippen LogP contribution in [0.4, 0.5) is 0 Å². The number of aryl methyl sites for hydroxylation is 1. The van der Waals surface area contributed by atoms with Crippen LogP contribution in [0.1, 0.15) is 12.6 Å². The maximum atomic E-state index is 4.73. The number of thioether (sulfide) groups is 1. The molecule has 2 aromatic rings. The molecule has 0 radical (unpaired) electrons. The van der Waals surface area contributed by atoms with Crippen molar-refractivity contribution < 1.29 is 0 Å². The number of fused-ring (bicyclic) bond motifs is 1. The minimum atomic E-state index is 0.649. The molecule has 1 fully saturated rings. The third kappa shape index (κ3) is 2.51. The highest BCUT2D eigenvalue weighted by Crippen LogP contribution is 2.29. The van der Waals surface area contributed by atoms with Gasteiger partial charge in [0.2, 0.25) is 0 Å². The van der Waals surface area contributed by atoms with Crippen LogP contribution in [-0.4, -0.2) is 33.9 Å². The molecule has 1 aliphatic heterocycles. The van der Waals surface area contributed by atoms with Gasteiger partial charge in [0.1, 0.15) is 0 Å². The molecule has 0 aliphatic carbocycles. The number of nitrogens with zero attached hydrogens (tertiary/aromatic N) is 2. The van der Waals surface area contributed by atoms with Crippen molar-refractivity contribution in [2.75, 3.05) is 18.1 Å². The van der Waals surface area contributed by atoms with Crippen molar-refractivity contribution in [2.45, 2.75) is 19.4 Å². The van der Waals surface area contributed by atoms with Crippen LogP contribution in [0.25, 0.3) is 10.9 Å². The van der Waals surface area contributed by atoms with Crippen molar-refractivity contribution in [3.63, 3.8) is 0 Å². The van der Waals surface area contributed by atoms with E-state index >= 15 is 0 Å². The van der Waals surface area contributed by atoms with Crippen LogP contribution in [0.2, 0.25) is 0 Å². The first kappa shape index (κ1) is 13.0. The van der Waals surface area contributed by atoms with Crippen LogP contribution in [-0.2, 0) is 13.5 Å². The average molecular weight is 275 g/mol. The highest BCUT2D eigenvalue weighted by atomic mass is 32.2. The quantitative estimate of drug-likeness (QED) is 0.929. The number of aromatic nitrogens is 2. The van der Waals surface area contributed by atoms with Gasteiger partial charge >= 0.3 is 0 Å². The number of nitrogens with one attached hydrogen (secondary N) is 1. The molecule has 3 rings (SSSR count). The fourth-order valence-corrected chi connectivity index (χ4v) is 4.41. The van der Waals surface area contributed by atoms with E-state index < -0.39 is 0 Å². The summed E-state index contributed by atoms with van der Waals surface area (Å²) in [5, 5.41) is 9.66. The lowest BCUT2D eigenvalue weighted by Gasteiger charge is -2.18. The van der Waals surface area contributed by atoms with Crippen molar-refractivity contribution in [3.05, 3.63) is 30.0 Å². The van der Waals surface area contributed by atoms with Gasteiger partial charge in [0, 0.05) is 24.2 Å². The van der Waals surface area contributed by atoms with Gasteiger partial charge in [-0.25, -0.2) is 0 Å². The summed E-state index contributed by atoms with van der Waals surface area (Å²) in [6.45, 7) is 3.25. The van der Waals surface area contributed by atoms with Crippen molar-refractivity contribution >= 4 is 22.7 Å². The Hall–Kier alpha value is -1.00. The third-order valence-electron chi connectivity index (χ3n) is 3.95. The predicted molar refractivity (Wildman–Crippen MR) is 82.7 cm³/mol. The monoisotopic (exact) mass is 275 g/mol. The molecule has 1 aromatic carbocycles. The smallest absolute Gasteiger partial charge is 0.0706 e. The van der Waals surface area contributed by atoms with Gasteiger partial charge in [-0.05, 0) is 30.7 Å². The van der Waals surface area contributed by atoms with Crippen LogP contribution in [0, 0.1) is 5.92 Å². The van der Waals surface area contributed by atoms with Gasteiger partial charge in [-0.2, -0.15) is 16.9 Å². The van der Waals surface area contributed by atoms with Crippen molar-refractivity contribution in [1.82, 2.24) is 15.1 Å². The second-order valence-corrected chi connectivity index (χ2v) is 6.33. The normalized spacial score (nSPS) is 23.3. The summed E-state index contributed by atoms with van der Waals surface area (Å²) >= 11 is 2.06. The first-order valence-electron chi connectivity index (χ1n) is 7.01. The molecule has 1 saturated heterocycles. The molecule has 2 atom stereocenters. The molecule has 0 amide bonds. The van der Waals surface area contributed by atoms with E-state index in [0.29, 0.717) is 12.0 Å². The van der Waals surface area contributed by atoms with Gasteiger partial charge in [0.25, 0.3) is 0 Å². The molecule has 1 aliphatic rings.